The van der Waals surface area contributed by atoms with Crippen LogP contribution in [0.1, 0.15) is 0 Å². The van der Waals surface area contributed by atoms with E-state index in [1.807, 2.05) is 0 Å². The molecule has 0 unspecified atom stereocenters. The van der Waals surface area contributed by atoms with Crippen LogP contribution in [0.5, 0.6) is 5.88 Å². The minimum atomic E-state index is -3.59. The molecule has 1 aromatic heterocycles. The summed E-state index contributed by atoms with van der Waals surface area (Å²) in [7, 11) is 0. The van der Waals surface area contributed by atoms with Crippen molar-refractivity contribution in [3.8, 4) is 5.88 Å². The van der Waals surface area contributed by atoms with Crippen LogP contribution in [0.2, 0.25) is 0 Å². The lowest BCUT2D eigenvalue weighted by molar-refractivity contribution is 0.364. The van der Waals surface area contributed by atoms with Crippen LogP contribution in [0.4, 0.5) is 0 Å². The lowest BCUT2D eigenvalue weighted by atomic mass is 10.7. The molecule has 0 bridgehead atoms. The molecular formula is C3H5N2O3PS. The molecule has 3 N–H and O–H groups in total. The van der Waals surface area contributed by atoms with Gasteiger partial charge in [-0.1, -0.05) is 0 Å². The molecule has 0 saturated carbocycles. The molecule has 7 heteroatoms. The fourth-order valence-electron chi connectivity index (χ4n) is 0.422. The third-order valence-electron chi connectivity index (χ3n) is 0.692. The first-order valence-electron chi connectivity index (χ1n) is 2.32. The van der Waals surface area contributed by atoms with Gasteiger partial charge in [-0.2, -0.15) is 5.10 Å². The number of hydrogen-bond acceptors (Lipinski definition) is 3. The van der Waals surface area contributed by atoms with Crippen molar-refractivity contribution in [1.82, 2.24) is 10.2 Å². The normalized spacial score (nSPS) is 11.4. The molecule has 0 saturated heterocycles. The molecule has 1 aromatic rings. The van der Waals surface area contributed by atoms with E-state index in [2.05, 4.69) is 26.5 Å². The van der Waals surface area contributed by atoms with Crippen LogP contribution in [-0.2, 0) is 11.8 Å². The molecule has 0 aliphatic heterocycles. The Bertz CT molecular complexity index is 242. The molecule has 0 aliphatic rings. The maximum absolute atomic E-state index is 8.60. The van der Waals surface area contributed by atoms with Crippen molar-refractivity contribution < 1.29 is 14.3 Å². The van der Waals surface area contributed by atoms with E-state index in [9.17, 15) is 0 Å². The number of hydrogen-bond donors (Lipinski definition) is 3. The fraction of sp³-hybridized carbons (Fsp3) is 0. The van der Waals surface area contributed by atoms with Gasteiger partial charge in [-0.15, -0.1) is 0 Å². The maximum Gasteiger partial charge on any atom is 0.376 e. The molecule has 0 radical (unpaired) electrons. The SMILES string of the molecule is OP(O)(=S)Oc1ccn[nH]1. The van der Waals surface area contributed by atoms with E-state index >= 15 is 0 Å². The number of nitrogens with zero attached hydrogens (tertiary/aromatic N) is 1. The molecule has 0 fully saturated rings. The molecular weight excluding hydrogens is 175 g/mol. The predicted molar refractivity (Wildman–Crippen MR) is 37.9 cm³/mol. The minimum absolute atomic E-state index is 0.160. The zero-order chi connectivity index (χ0) is 7.61. The number of aromatic nitrogens is 2. The highest BCUT2D eigenvalue weighted by Gasteiger charge is 2.09. The van der Waals surface area contributed by atoms with Crippen molar-refractivity contribution in [2.24, 2.45) is 0 Å². The van der Waals surface area contributed by atoms with Crippen molar-refractivity contribution in [2.75, 3.05) is 0 Å². The van der Waals surface area contributed by atoms with Gasteiger partial charge >= 0.3 is 6.72 Å². The zero-order valence-corrected chi connectivity index (χ0v) is 6.47. The molecule has 0 aromatic carbocycles. The van der Waals surface area contributed by atoms with Gasteiger partial charge < -0.3 is 14.3 Å². The van der Waals surface area contributed by atoms with Crippen LogP contribution in [0.15, 0.2) is 12.3 Å². The third kappa shape index (κ3) is 2.45. The van der Waals surface area contributed by atoms with Crippen LogP contribution >= 0.6 is 6.72 Å². The number of aromatic amines is 1. The van der Waals surface area contributed by atoms with Crippen LogP contribution < -0.4 is 4.52 Å². The quantitative estimate of drug-likeness (QED) is 0.558. The van der Waals surface area contributed by atoms with E-state index in [0.717, 1.165) is 0 Å². The molecule has 0 spiro atoms. The first-order chi connectivity index (χ1) is 4.58. The summed E-state index contributed by atoms with van der Waals surface area (Å²) in [5, 5.41) is 5.87. The minimum Gasteiger partial charge on any atom is -0.406 e. The Kier molecular flexibility index (Phi) is 2.05. The summed E-state index contributed by atoms with van der Waals surface area (Å²) < 4.78 is 4.46. The number of rotatable bonds is 2. The lowest BCUT2D eigenvalue weighted by Gasteiger charge is -2.05. The predicted octanol–water partition coefficient (Wildman–Crippen LogP) is -0.00240. The van der Waals surface area contributed by atoms with Gasteiger partial charge in [0.1, 0.15) is 0 Å². The van der Waals surface area contributed by atoms with Crippen LogP contribution in [0.3, 0.4) is 0 Å². The van der Waals surface area contributed by atoms with Crippen LogP contribution in [0.25, 0.3) is 0 Å². The van der Waals surface area contributed by atoms with Gasteiger partial charge in [0.15, 0.2) is 0 Å². The van der Waals surface area contributed by atoms with Gasteiger partial charge in [0.25, 0.3) is 0 Å². The Hall–Kier alpha value is -0.420. The summed E-state index contributed by atoms with van der Waals surface area (Å²) in [6.45, 7) is -3.59. The van der Waals surface area contributed by atoms with Crippen LogP contribution in [0, 0.1) is 0 Å². The number of H-pyrrole nitrogens is 1. The smallest absolute Gasteiger partial charge is 0.376 e. The van der Waals surface area contributed by atoms with Crippen LogP contribution in [-0.4, -0.2) is 20.0 Å². The average Bonchev–Trinajstić information content (AvgIpc) is 2.12. The Morgan fingerprint density at radius 1 is 1.70 bits per heavy atom. The van der Waals surface area contributed by atoms with Gasteiger partial charge in [0, 0.05) is 17.9 Å². The molecule has 1 rings (SSSR count). The topological polar surface area (TPSA) is 78.4 Å². The summed E-state index contributed by atoms with van der Waals surface area (Å²) in [6, 6.07) is 1.44. The zero-order valence-electron chi connectivity index (χ0n) is 4.76. The average molecular weight is 180 g/mol. The second-order valence-corrected chi connectivity index (χ2v) is 4.09. The summed E-state index contributed by atoms with van der Waals surface area (Å²) in [6.07, 6.45) is 1.42. The second kappa shape index (κ2) is 2.67. The molecule has 56 valence electrons. The highest BCUT2D eigenvalue weighted by molar-refractivity contribution is 8.06. The van der Waals surface area contributed by atoms with E-state index in [-0.39, 0.29) is 5.88 Å². The molecule has 0 amide bonds. The summed E-state index contributed by atoms with van der Waals surface area (Å²) in [5.74, 6) is 0.160. The summed E-state index contributed by atoms with van der Waals surface area (Å²) in [5.41, 5.74) is 0. The Morgan fingerprint density at radius 3 is 2.80 bits per heavy atom. The van der Waals surface area contributed by atoms with Crippen molar-refractivity contribution >= 4 is 18.5 Å². The van der Waals surface area contributed by atoms with Crippen molar-refractivity contribution in [1.29, 1.82) is 0 Å². The largest absolute Gasteiger partial charge is 0.406 e. The maximum atomic E-state index is 8.60. The standard InChI is InChI=1S/C3H5N2O3PS/c6-9(7,10)8-3-1-2-4-5-3/h1-2H,(H,4,5)(H2,6,7,10). The van der Waals surface area contributed by atoms with E-state index in [1.54, 1.807) is 0 Å². The summed E-state index contributed by atoms with van der Waals surface area (Å²) in [4.78, 5) is 17.2. The second-order valence-electron chi connectivity index (χ2n) is 1.50. The van der Waals surface area contributed by atoms with Gasteiger partial charge in [-0.3, -0.25) is 0 Å². The Labute approximate surface area is 61.9 Å². The lowest BCUT2D eigenvalue weighted by Crippen LogP contribution is -1.89. The third-order valence-corrected chi connectivity index (χ3v) is 1.35. The molecule has 1 heterocycles. The number of nitrogens with one attached hydrogen (secondary N) is 1. The summed E-state index contributed by atoms with van der Waals surface area (Å²) >= 11 is 4.19. The molecule has 10 heavy (non-hydrogen) atoms. The Morgan fingerprint density at radius 2 is 2.40 bits per heavy atom. The first kappa shape index (κ1) is 7.68. The van der Waals surface area contributed by atoms with Gasteiger partial charge in [-0.25, -0.2) is 5.10 Å². The fourth-order valence-corrected chi connectivity index (χ4v) is 1.02. The Balaban J connectivity index is 2.66. The molecule has 0 aliphatic carbocycles. The van der Waals surface area contributed by atoms with Crippen molar-refractivity contribution in [2.45, 2.75) is 0 Å². The van der Waals surface area contributed by atoms with E-state index < -0.39 is 6.72 Å². The van der Waals surface area contributed by atoms with Crippen molar-refractivity contribution in [3.05, 3.63) is 12.3 Å². The molecule has 5 nitrogen and oxygen atoms in total. The highest BCUT2D eigenvalue weighted by Crippen LogP contribution is 2.36. The molecule has 0 atom stereocenters. The van der Waals surface area contributed by atoms with E-state index in [0.29, 0.717) is 0 Å². The van der Waals surface area contributed by atoms with E-state index in [4.69, 9.17) is 9.79 Å². The van der Waals surface area contributed by atoms with Gasteiger partial charge in [0.2, 0.25) is 5.88 Å². The highest BCUT2D eigenvalue weighted by atomic mass is 32.5. The van der Waals surface area contributed by atoms with E-state index in [1.165, 1.54) is 12.3 Å². The van der Waals surface area contributed by atoms with Gasteiger partial charge in [0.05, 0.1) is 6.20 Å². The first-order valence-corrected chi connectivity index (χ1v) is 4.95. The van der Waals surface area contributed by atoms with Gasteiger partial charge in [-0.05, 0) is 0 Å². The monoisotopic (exact) mass is 180 g/mol. The van der Waals surface area contributed by atoms with Crippen molar-refractivity contribution in [3.63, 3.8) is 0 Å².